The van der Waals surface area contributed by atoms with Crippen molar-refractivity contribution in [3.8, 4) is 38.7 Å². The van der Waals surface area contributed by atoms with Crippen LogP contribution in [-0.4, -0.2) is 73.4 Å². The lowest BCUT2D eigenvalue weighted by Gasteiger charge is -2.12. The van der Waals surface area contributed by atoms with E-state index in [9.17, 15) is 30.8 Å². The number of carbonyl (C=O) groups excluding carboxylic acids is 1. The Morgan fingerprint density at radius 3 is 2.40 bits per heavy atom. The average Bonchev–Trinajstić information content (AvgIpc) is 3.44. The molecule has 0 atom stereocenters. The lowest BCUT2D eigenvalue weighted by molar-refractivity contribution is -0.106. The maximum absolute atomic E-state index is 15.2. The third-order valence-corrected chi connectivity index (χ3v) is 9.15. The molecule has 5 rings (SSSR count). The molecule has 2 aromatic heterocycles. The maximum atomic E-state index is 15.2. The molecule has 50 heavy (non-hydrogen) atoms. The number of nitrogens with zero attached hydrogens (tertiary/aromatic N) is 4. The number of nitrogens with two attached hydrogens (primary N) is 1. The highest BCUT2D eigenvalue weighted by Gasteiger charge is 2.36. The summed E-state index contributed by atoms with van der Waals surface area (Å²) in [5.74, 6) is -5.03. The minimum Gasteiger partial charge on any atom is -0.492 e. The van der Waals surface area contributed by atoms with E-state index in [0.29, 0.717) is 29.4 Å². The van der Waals surface area contributed by atoms with Gasteiger partial charge in [0, 0.05) is 29.6 Å². The van der Waals surface area contributed by atoms with Gasteiger partial charge in [0.1, 0.15) is 29.6 Å². The van der Waals surface area contributed by atoms with Crippen LogP contribution in [0.1, 0.15) is 10.4 Å². The van der Waals surface area contributed by atoms with Gasteiger partial charge < -0.3 is 20.7 Å². The first-order chi connectivity index (χ1) is 23.6. The van der Waals surface area contributed by atoms with Gasteiger partial charge in [0.25, 0.3) is 5.91 Å². The number of rotatable bonds is 13. The zero-order chi connectivity index (χ0) is 36.2. The van der Waals surface area contributed by atoms with Crippen LogP contribution in [0.5, 0.6) is 5.75 Å². The Hall–Kier alpha value is -5.20. The molecule has 5 aromatic rings. The van der Waals surface area contributed by atoms with Crippen LogP contribution in [0.25, 0.3) is 33.0 Å². The largest absolute Gasteiger partial charge is 0.492 e. The number of benzene rings is 3. The topological polar surface area (TPSA) is 152 Å². The number of halogens is 5. The second kappa shape index (κ2) is 14.7. The van der Waals surface area contributed by atoms with E-state index in [4.69, 9.17) is 10.5 Å². The molecule has 0 fully saturated rings. The highest BCUT2D eigenvalue weighted by Crippen LogP contribution is 2.40. The van der Waals surface area contributed by atoms with Gasteiger partial charge in [-0.05, 0) is 68.2 Å². The first-order valence-corrected chi connectivity index (χ1v) is 17.0. The van der Waals surface area contributed by atoms with Crippen molar-refractivity contribution < 1.29 is 39.9 Å². The molecule has 262 valence electrons. The number of primary amides is 1. The zero-order valence-electron chi connectivity index (χ0n) is 26.3. The molecule has 0 bridgehead atoms. The van der Waals surface area contributed by atoms with Crippen molar-refractivity contribution in [3.63, 3.8) is 0 Å². The van der Waals surface area contributed by atoms with Crippen LogP contribution in [0.3, 0.4) is 0 Å². The van der Waals surface area contributed by atoms with E-state index >= 15 is 4.39 Å². The Morgan fingerprint density at radius 2 is 1.72 bits per heavy atom. The molecule has 0 radical (unpaired) electrons. The smallest absolute Gasteiger partial charge is 0.404 e. The van der Waals surface area contributed by atoms with Crippen molar-refractivity contribution in [2.75, 3.05) is 43.0 Å². The summed E-state index contributed by atoms with van der Waals surface area (Å²) in [4.78, 5) is 27.0. The summed E-state index contributed by atoms with van der Waals surface area (Å²) < 4.78 is 101. The van der Waals surface area contributed by atoms with E-state index in [0.717, 1.165) is 18.7 Å². The summed E-state index contributed by atoms with van der Waals surface area (Å²) in [6.07, 6.45) is -3.61. The summed E-state index contributed by atoms with van der Waals surface area (Å²) in [7, 11) is -1.05. The van der Waals surface area contributed by atoms with Crippen LogP contribution in [0.4, 0.5) is 38.7 Å². The molecular formula is C32H28F5N7O4S2. The fourth-order valence-electron chi connectivity index (χ4n) is 4.61. The number of alkyl halides is 3. The Balaban J connectivity index is 1.52. The molecular weight excluding hydrogens is 706 g/mol. The third-order valence-electron chi connectivity index (χ3n) is 6.81. The number of hydrogen-bond donors (Lipinski definition) is 3. The monoisotopic (exact) mass is 733 g/mol. The summed E-state index contributed by atoms with van der Waals surface area (Å²) in [5.41, 5.74) is 5.39. The second-order valence-electron chi connectivity index (χ2n) is 11.0. The molecule has 1 amide bonds. The van der Waals surface area contributed by atoms with Gasteiger partial charge >= 0.3 is 6.18 Å². The quantitative estimate of drug-likeness (QED) is 0.118. The molecule has 3 aromatic carbocycles. The van der Waals surface area contributed by atoms with Gasteiger partial charge in [0.2, 0.25) is 16.0 Å². The van der Waals surface area contributed by atoms with E-state index < -0.39 is 50.2 Å². The van der Waals surface area contributed by atoms with Crippen molar-refractivity contribution in [1.82, 2.24) is 19.9 Å². The number of hydrogen-bond acceptors (Lipinski definition) is 10. The first-order valence-electron chi connectivity index (χ1n) is 14.5. The van der Waals surface area contributed by atoms with Gasteiger partial charge in [-0.25, -0.2) is 32.2 Å². The number of aromatic nitrogens is 3. The molecule has 0 aliphatic rings. The Bertz CT molecular complexity index is 2130. The van der Waals surface area contributed by atoms with Crippen molar-refractivity contribution in [2.45, 2.75) is 6.18 Å². The summed E-state index contributed by atoms with van der Waals surface area (Å²) in [5, 5.41) is 2.66. The van der Waals surface area contributed by atoms with Crippen LogP contribution in [0.15, 0.2) is 72.9 Å². The predicted octanol–water partition coefficient (Wildman–Crippen LogP) is 6.30. The highest BCUT2D eigenvalue weighted by atomic mass is 32.2. The standard InChI is InChI=1S/C32H28F5N7O4S2/c1-44(2)14-15-48-21-8-6-20(7-9-21)40-30-39-13-12-24(41-30)28-27(42-31(49-28)43-50(46,47)17-32(35,36)37)19-5-3-4-18(16-19)22-10-11-23(33)25(26(22)34)29(38)45/h3-13,16H,14-15,17H2,1-2H3,(H2,38,45)(H,42,43)(H,39,40,41). The number of amides is 1. The number of thiazole rings is 1. The molecule has 0 unspecified atom stereocenters. The van der Waals surface area contributed by atoms with Crippen LogP contribution in [0, 0.1) is 11.6 Å². The summed E-state index contributed by atoms with van der Waals surface area (Å²) in [6.45, 7) is 1.22. The number of anilines is 3. The molecule has 0 spiro atoms. The van der Waals surface area contributed by atoms with Crippen molar-refractivity contribution in [3.05, 3.63) is 90.1 Å². The zero-order valence-corrected chi connectivity index (χ0v) is 27.9. The van der Waals surface area contributed by atoms with Crippen LogP contribution >= 0.6 is 11.3 Å². The van der Waals surface area contributed by atoms with E-state index in [1.54, 1.807) is 24.3 Å². The molecule has 2 heterocycles. The van der Waals surface area contributed by atoms with E-state index in [1.807, 2.05) is 23.7 Å². The van der Waals surface area contributed by atoms with E-state index in [2.05, 4.69) is 20.3 Å². The average molecular weight is 734 g/mol. The molecule has 0 aliphatic carbocycles. The Labute approximate surface area is 287 Å². The number of nitrogens with one attached hydrogen (secondary N) is 2. The van der Waals surface area contributed by atoms with Gasteiger partial charge in [-0.2, -0.15) is 13.2 Å². The number of likely N-dealkylation sites (N-methyl/N-ethyl adjacent to an activating group) is 1. The molecule has 11 nitrogen and oxygen atoms in total. The van der Waals surface area contributed by atoms with Gasteiger partial charge in [-0.1, -0.05) is 29.5 Å². The predicted molar refractivity (Wildman–Crippen MR) is 180 cm³/mol. The highest BCUT2D eigenvalue weighted by molar-refractivity contribution is 7.92. The van der Waals surface area contributed by atoms with Gasteiger partial charge in [-0.3, -0.25) is 9.52 Å². The van der Waals surface area contributed by atoms with Crippen LogP contribution < -0.4 is 20.5 Å². The fourth-order valence-corrected chi connectivity index (χ4v) is 6.78. The van der Waals surface area contributed by atoms with Crippen LogP contribution in [-0.2, 0) is 10.0 Å². The van der Waals surface area contributed by atoms with E-state index in [-0.39, 0.29) is 38.9 Å². The first kappa shape index (κ1) is 36.1. The number of ether oxygens (including phenoxy) is 1. The van der Waals surface area contributed by atoms with Gasteiger partial charge in [0.05, 0.1) is 16.3 Å². The molecule has 4 N–H and O–H groups in total. The SMILES string of the molecule is CN(C)CCOc1ccc(Nc2nccc(-c3sc(NS(=O)(=O)CC(F)(F)F)nc3-c3cccc(-c4ccc(F)c(C(N)=O)c4F)c3)n2)cc1. The van der Waals surface area contributed by atoms with Crippen molar-refractivity contribution in [1.29, 1.82) is 0 Å². The fraction of sp³-hybridized carbons (Fsp3) is 0.188. The minimum absolute atomic E-state index is 0.0723. The number of sulfonamides is 1. The van der Waals surface area contributed by atoms with Crippen LogP contribution in [0.2, 0.25) is 0 Å². The summed E-state index contributed by atoms with van der Waals surface area (Å²) in [6, 6.07) is 16.4. The Morgan fingerprint density at radius 1 is 1.00 bits per heavy atom. The second-order valence-corrected chi connectivity index (χ2v) is 13.7. The van der Waals surface area contributed by atoms with Crippen molar-refractivity contribution in [2.24, 2.45) is 5.73 Å². The van der Waals surface area contributed by atoms with Gasteiger partial charge in [0.15, 0.2) is 10.9 Å². The minimum atomic E-state index is -5.02. The molecule has 18 heteroatoms. The number of carbonyl (C=O) groups is 1. The molecule has 0 saturated carbocycles. The third kappa shape index (κ3) is 9.07. The molecule has 0 saturated heterocycles. The lowest BCUT2D eigenvalue weighted by Crippen LogP contribution is -2.27. The van der Waals surface area contributed by atoms with E-state index in [1.165, 1.54) is 36.5 Å². The van der Waals surface area contributed by atoms with Gasteiger partial charge in [-0.15, -0.1) is 0 Å². The maximum Gasteiger partial charge on any atom is 0.404 e. The van der Waals surface area contributed by atoms with Crippen molar-refractivity contribution >= 4 is 44.0 Å². The summed E-state index contributed by atoms with van der Waals surface area (Å²) >= 11 is 0.708. The normalized spacial score (nSPS) is 11.8. The molecule has 0 aliphatic heterocycles. The lowest BCUT2D eigenvalue weighted by atomic mass is 9.98. The Kier molecular flexibility index (Phi) is 10.6.